The summed E-state index contributed by atoms with van der Waals surface area (Å²) in [5, 5.41) is 0. The molecule has 121 valence electrons. The summed E-state index contributed by atoms with van der Waals surface area (Å²) in [5.41, 5.74) is 10.0. The van der Waals surface area contributed by atoms with Gasteiger partial charge in [0.2, 0.25) is 0 Å². The number of benzene rings is 2. The van der Waals surface area contributed by atoms with E-state index in [9.17, 15) is 0 Å². The summed E-state index contributed by atoms with van der Waals surface area (Å²) in [7, 11) is 0. The minimum atomic E-state index is 0. The molecule has 0 bridgehead atoms. The molecule has 0 saturated heterocycles. The summed E-state index contributed by atoms with van der Waals surface area (Å²) in [4.78, 5) is 4.66. The smallest absolute Gasteiger partial charge is 0.0127 e. The second-order valence-corrected chi connectivity index (χ2v) is 6.40. The van der Waals surface area contributed by atoms with E-state index < -0.39 is 0 Å². The predicted molar refractivity (Wildman–Crippen MR) is 93.8 cm³/mol. The summed E-state index contributed by atoms with van der Waals surface area (Å²) in [5.74, 6) is 0.234. The van der Waals surface area contributed by atoms with E-state index in [2.05, 4.69) is 76.0 Å². The van der Waals surface area contributed by atoms with E-state index in [0.29, 0.717) is 0 Å². The molecule has 0 aliphatic carbocycles. The Morgan fingerprint density at radius 1 is 0.870 bits per heavy atom. The van der Waals surface area contributed by atoms with Crippen molar-refractivity contribution in [3.63, 3.8) is 0 Å². The van der Waals surface area contributed by atoms with Crippen molar-refractivity contribution in [2.24, 2.45) is 4.99 Å². The largest absolute Gasteiger partial charge is 0.308 e. The van der Waals surface area contributed by atoms with E-state index in [0.717, 1.165) is 11.3 Å². The predicted octanol–water partition coefficient (Wildman–Crippen LogP) is 5.13. The zero-order valence-corrected chi connectivity index (χ0v) is 16.7. The van der Waals surface area contributed by atoms with Gasteiger partial charge in [0.15, 0.2) is 0 Å². The Kier molecular flexibility index (Phi) is 5.39. The quantitative estimate of drug-likeness (QED) is 0.529. The van der Waals surface area contributed by atoms with Gasteiger partial charge in [0.1, 0.15) is 0 Å². The van der Waals surface area contributed by atoms with E-state index >= 15 is 0 Å². The van der Waals surface area contributed by atoms with Gasteiger partial charge in [-0.2, -0.15) is 0 Å². The van der Waals surface area contributed by atoms with Crippen LogP contribution in [0.5, 0.6) is 0 Å². The van der Waals surface area contributed by atoms with Crippen molar-refractivity contribution in [2.75, 3.05) is 0 Å². The molecule has 2 heteroatoms. The number of hydrogen-bond acceptors (Lipinski definition) is 1. The van der Waals surface area contributed by atoms with Crippen LogP contribution in [0.15, 0.2) is 41.5 Å². The van der Waals surface area contributed by atoms with Crippen LogP contribution in [-0.2, 0) is 20.1 Å². The average Bonchev–Trinajstić information content (AvgIpc) is 2.85. The van der Waals surface area contributed by atoms with E-state index in [-0.39, 0.29) is 26.0 Å². The third kappa shape index (κ3) is 3.54. The van der Waals surface area contributed by atoms with Gasteiger partial charge >= 0.3 is 0 Å². The maximum atomic E-state index is 4.66. The van der Waals surface area contributed by atoms with Crippen molar-refractivity contribution in [3.8, 4) is 0 Å². The molecule has 23 heavy (non-hydrogen) atoms. The number of rotatable bonds is 2. The van der Waals surface area contributed by atoms with Gasteiger partial charge in [0.05, 0.1) is 0 Å². The molecule has 1 unspecified atom stereocenters. The van der Waals surface area contributed by atoms with E-state index in [1.807, 2.05) is 6.20 Å². The maximum Gasteiger partial charge on any atom is 0.0127 e. The van der Waals surface area contributed by atoms with Crippen LogP contribution in [0.2, 0.25) is 0 Å². The van der Waals surface area contributed by atoms with Crippen LogP contribution in [0, 0.1) is 40.7 Å². The molecule has 0 amide bonds. The zero-order chi connectivity index (χ0) is 15.9. The number of aryl methyl sites for hydroxylation is 5. The molecule has 1 aliphatic rings. The Morgan fingerprint density at radius 2 is 1.48 bits per heavy atom. The number of allylic oxidation sites excluding steroid dienone is 1. The summed E-state index contributed by atoms with van der Waals surface area (Å²) >= 11 is 0. The molecule has 3 rings (SSSR count). The Labute approximate surface area is 152 Å². The first-order valence-electron chi connectivity index (χ1n) is 7.79. The monoisotopic (exact) mass is 481 g/mol. The van der Waals surface area contributed by atoms with Crippen molar-refractivity contribution in [1.29, 1.82) is 0 Å². The molecular weight excluding hydrogens is 458 g/mol. The van der Waals surface area contributed by atoms with Crippen LogP contribution in [0.3, 0.4) is 0 Å². The van der Waals surface area contributed by atoms with Crippen molar-refractivity contribution < 1.29 is 20.1 Å². The first kappa shape index (κ1) is 17.8. The van der Waals surface area contributed by atoms with Crippen molar-refractivity contribution in [1.82, 2.24) is 0 Å². The maximum absolute atomic E-state index is 4.66. The molecule has 0 aromatic heterocycles. The normalized spacial score (nSPS) is 16.2. The Morgan fingerprint density at radius 3 is 2.09 bits per heavy atom. The first-order valence-corrected chi connectivity index (χ1v) is 7.79. The Balaban J connectivity index is 0.00000192. The second-order valence-electron chi connectivity index (χ2n) is 6.40. The van der Waals surface area contributed by atoms with Crippen LogP contribution >= 0.6 is 0 Å². The van der Waals surface area contributed by atoms with E-state index in [4.69, 9.17) is 0 Å². The van der Waals surface area contributed by atoms with Gasteiger partial charge in [-0.3, -0.25) is 0 Å². The molecule has 0 fully saturated rings. The number of nitrogens with zero attached hydrogens (tertiary/aromatic N) is 1. The molecular formula is C21H22IrN-. The molecule has 0 saturated carbocycles. The van der Waals surface area contributed by atoms with Crippen LogP contribution in [0.1, 0.15) is 44.9 Å². The number of aliphatic imine (C=N–C) groups is 1. The molecule has 2 aromatic carbocycles. The minimum absolute atomic E-state index is 0. The molecule has 1 atom stereocenters. The summed E-state index contributed by atoms with van der Waals surface area (Å²) in [6, 6.07) is 12.3. The molecule has 1 nitrogen and oxygen atoms in total. The van der Waals surface area contributed by atoms with Crippen molar-refractivity contribution in [3.05, 3.63) is 81.6 Å². The second kappa shape index (κ2) is 6.95. The summed E-state index contributed by atoms with van der Waals surface area (Å²) in [6.45, 7) is 10.8. The van der Waals surface area contributed by atoms with Gasteiger partial charge in [-0.05, 0) is 43.2 Å². The van der Waals surface area contributed by atoms with Gasteiger partial charge in [0, 0.05) is 32.2 Å². The van der Waals surface area contributed by atoms with Gasteiger partial charge in [0.25, 0.3) is 0 Å². The summed E-state index contributed by atoms with van der Waals surface area (Å²) < 4.78 is 0. The van der Waals surface area contributed by atoms with Crippen LogP contribution in [-0.4, -0.2) is 5.71 Å². The SMILES string of the molecule is Cc1[c-]c(C2=NC=CC2c2c(C)cc(C)cc2C)cc(C)c1.[Ir]. The van der Waals surface area contributed by atoms with E-state index in [1.165, 1.54) is 33.4 Å². The van der Waals surface area contributed by atoms with E-state index in [1.54, 1.807) is 0 Å². The number of hydrogen-bond donors (Lipinski definition) is 0. The third-order valence-corrected chi connectivity index (χ3v) is 4.26. The van der Waals surface area contributed by atoms with Crippen LogP contribution < -0.4 is 0 Å². The standard InChI is InChI=1S/C21H22N.Ir/c1-13-8-14(2)12-18(11-13)21-19(6-7-22-21)20-16(4)9-15(3)10-17(20)5;/h6-11,19H,1-5H3;/q-1;. The fraction of sp³-hybridized carbons (Fsp3) is 0.286. The Hall–Kier alpha value is -1.50. The minimum Gasteiger partial charge on any atom is -0.308 e. The van der Waals surface area contributed by atoms with Crippen LogP contribution in [0.25, 0.3) is 0 Å². The summed E-state index contributed by atoms with van der Waals surface area (Å²) in [6.07, 6.45) is 4.13. The van der Waals surface area contributed by atoms with Gasteiger partial charge in [-0.25, -0.2) is 0 Å². The van der Waals surface area contributed by atoms with Gasteiger partial charge in [-0.1, -0.05) is 37.6 Å². The molecule has 2 aromatic rings. The molecule has 1 heterocycles. The molecule has 0 spiro atoms. The Bertz CT molecular complexity index is 756. The van der Waals surface area contributed by atoms with Crippen molar-refractivity contribution >= 4 is 5.71 Å². The zero-order valence-electron chi connectivity index (χ0n) is 14.3. The van der Waals surface area contributed by atoms with Crippen LogP contribution in [0.4, 0.5) is 0 Å². The molecule has 1 radical (unpaired) electrons. The fourth-order valence-corrected chi connectivity index (χ4v) is 3.57. The molecule has 1 aliphatic heterocycles. The molecule has 0 N–H and O–H groups in total. The van der Waals surface area contributed by atoms with Gasteiger partial charge < -0.3 is 4.99 Å². The third-order valence-electron chi connectivity index (χ3n) is 4.26. The first-order chi connectivity index (χ1) is 10.5. The van der Waals surface area contributed by atoms with Gasteiger partial charge in [-0.15, -0.1) is 34.9 Å². The average molecular weight is 481 g/mol. The topological polar surface area (TPSA) is 12.4 Å². The fourth-order valence-electron chi connectivity index (χ4n) is 3.57. The van der Waals surface area contributed by atoms with Crippen molar-refractivity contribution in [2.45, 2.75) is 40.5 Å².